The van der Waals surface area contributed by atoms with Gasteiger partial charge >= 0.3 is 0 Å². The van der Waals surface area contributed by atoms with Crippen molar-refractivity contribution in [2.75, 3.05) is 0 Å². The van der Waals surface area contributed by atoms with Crippen LogP contribution in [0.3, 0.4) is 0 Å². The van der Waals surface area contributed by atoms with Gasteiger partial charge in [0.25, 0.3) is 0 Å². The Kier molecular flexibility index (Phi) is 2.89. The lowest BCUT2D eigenvalue weighted by Crippen LogP contribution is -2.12. The summed E-state index contributed by atoms with van der Waals surface area (Å²) in [5.74, 6) is 0. The van der Waals surface area contributed by atoms with Gasteiger partial charge in [-0.3, -0.25) is 4.99 Å². The van der Waals surface area contributed by atoms with Crippen LogP contribution in [0.15, 0.2) is 4.99 Å². The van der Waals surface area contributed by atoms with Crippen LogP contribution in [0.1, 0.15) is 34.1 Å². The van der Waals surface area contributed by atoms with Crippen molar-refractivity contribution in [2.24, 2.45) is 10.4 Å². The lowest BCUT2D eigenvalue weighted by molar-refractivity contribution is 0.350. The van der Waals surface area contributed by atoms with Crippen LogP contribution in [0.4, 0.5) is 0 Å². The fraction of sp³-hybridized carbons (Fsp3) is 0.875. The van der Waals surface area contributed by atoms with Crippen molar-refractivity contribution in [1.29, 1.82) is 0 Å². The van der Waals surface area contributed by atoms with Gasteiger partial charge in [-0.05, 0) is 25.5 Å². The molecule has 0 rings (SSSR count). The van der Waals surface area contributed by atoms with Crippen molar-refractivity contribution < 1.29 is 0 Å². The molecule has 1 unspecified atom stereocenters. The number of nitrogens with zero attached hydrogens (tertiary/aromatic N) is 1. The Hall–Kier alpha value is -0.330. The second-order valence-corrected chi connectivity index (χ2v) is 3.80. The SMILES string of the molecule is C=NC(C)CC(C)(C)C. The van der Waals surface area contributed by atoms with E-state index >= 15 is 0 Å². The van der Waals surface area contributed by atoms with Crippen LogP contribution >= 0.6 is 0 Å². The van der Waals surface area contributed by atoms with E-state index in [-0.39, 0.29) is 0 Å². The molecule has 0 saturated carbocycles. The Balaban J connectivity index is 3.59. The van der Waals surface area contributed by atoms with Gasteiger partial charge in [0, 0.05) is 6.04 Å². The molecule has 1 atom stereocenters. The van der Waals surface area contributed by atoms with Gasteiger partial charge in [0.05, 0.1) is 0 Å². The van der Waals surface area contributed by atoms with Crippen LogP contribution in [0.5, 0.6) is 0 Å². The quantitative estimate of drug-likeness (QED) is 0.505. The van der Waals surface area contributed by atoms with Crippen molar-refractivity contribution >= 4 is 6.72 Å². The smallest absolute Gasteiger partial charge is 0.0469 e. The third-order valence-electron chi connectivity index (χ3n) is 1.22. The van der Waals surface area contributed by atoms with Crippen molar-refractivity contribution in [3.8, 4) is 0 Å². The molecule has 0 radical (unpaired) electrons. The molecule has 0 saturated heterocycles. The van der Waals surface area contributed by atoms with Crippen LogP contribution in [-0.2, 0) is 0 Å². The summed E-state index contributed by atoms with van der Waals surface area (Å²) in [4.78, 5) is 3.92. The first kappa shape index (κ1) is 8.67. The average Bonchev–Trinajstić information content (AvgIpc) is 1.62. The minimum atomic E-state index is 0.389. The highest BCUT2D eigenvalue weighted by atomic mass is 14.7. The molecule has 54 valence electrons. The molecule has 1 nitrogen and oxygen atoms in total. The van der Waals surface area contributed by atoms with Crippen LogP contribution in [-0.4, -0.2) is 12.8 Å². The van der Waals surface area contributed by atoms with Gasteiger partial charge in [-0.15, -0.1) is 0 Å². The van der Waals surface area contributed by atoms with E-state index in [1.807, 2.05) is 0 Å². The first-order valence-corrected chi connectivity index (χ1v) is 3.41. The highest BCUT2D eigenvalue weighted by Gasteiger charge is 2.12. The van der Waals surface area contributed by atoms with Gasteiger partial charge in [-0.2, -0.15) is 0 Å². The molecular formula is C8H17N. The fourth-order valence-corrected chi connectivity index (χ4v) is 0.951. The topological polar surface area (TPSA) is 12.4 Å². The number of rotatable bonds is 2. The number of hydrogen-bond acceptors (Lipinski definition) is 1. The molecule has 0 aromatic rings. The van der Waals surface area contributed by atoms with Crippen LogP contribution in [0.2, 0.25) is 0 Å². The van der Waals surface area contributed by atoms with E-state index in [0.29, 0.717) is 11.5 Å². The predicted molar refractivity (Wildman–Crippen MR) is 43.1 cm³/mol. The van der Waals surface area contributed by atoms with Gasteiger partial charge in [-0.1, -0.05) is 20.8 Å². The summed E-state index contributed by atoms with van der Waals surface area (Å²) in [6.45, 7) is 12.2. The van der Waals surface area contributed by atoms with Crippen molar-refractivity contribution in [2.45, 2.75) is 40.2 Å². The molecule has 9 heavy (non-hydrogen) atoms. The minimum absolute atomic E-state index is 0.389. The molecule has 0 aliphatic rings. The predicted octanol–water partition coefficient (Wildman–Crippen LogP) is 2.51. The molecule has 0 fully saturated rings. The Morgan fingerprint density at radius 1 is 1.44 bits per heavy atom. The lowest BCUT2D eigenvalue weighted by Gasteiger charge is -2.19. The third-order valence-corrected chi connectivity index (χ3v) is 1.22. The van der Waals surface area contributed by atoms with E-state index in [2.05, 4.69) is 39.4 Å². The van der Waals surface area contributed by atoms with Crippen LogP contribution in [0, 0.1) is 5.41 Å². The summed E-state index contributed by atoms with van der Waals surface area (Å²) < 4.78 is 0. The summed E-state index contributed by atoms with van der Waals surface area (Å²) in [6, 6.07) is 0.407. The zero-order valence-electron chi connectivity index (χ0n) is 6.94. The number of aliphatic imine (C=N–C) groups is 1. The first-order valence-electron chi connectivity index (χ1n) is 3.41. The molecular weight excluding hydrogens is 110 g/mol. The maximum Gasteiger partial charge on any atom is 0.0469 e. The molecule has 0 N–H and O–H groups in total. The van der Waals surface area contributed by atoms with E-state index in [9.17, 15) is 0 Å². The second kappa shape index (κ2) is 3.00. The monoisotopic (exact) mass is 127 g/mol. The maximum atomic E-state index is 3.92. The third kappa shape index (κ3) is 5.54. The van der Waals surface area contributed by atoms with E-state index in [1.165, 1.54) is 0 Å². The Morgan fingerprint density at radius 3 is 2.00 bits per heavy atom. The highest BCUT2D eigenvalue weighted by Crippen LogP contribution is 2.21. The van der Waals surface area contributed by atoms with Gasteiger partial charge in [0.15, 0.2) is 0 Å². The van der Waals surface area contributed by atoms with Crippen molar-refractivity contribution in [1.82, 2.24) is 0 Å². The van der Waals surface area contributed by atoms with Gasteiger partial charge < -0.3 is 0 Å². The van der Waals surface area contributed by atoms with E-state index in [1.54, 1.807) is 0 Å². The van der Waals surface area contributed by atoms with E-state index in [0.717, 1.165) is 6.42 Å². The molecule has 0 bridgehead atoms. The summed E-state index contributed by atoms with van der Waals surface area (Å²) in [5.41, 5.74) is 0.389. The zero-order valence-corrected chi connectivity index (χ0v) is 6.94. The van der Waals surface area contributed by atoms with Crippen molar-refractivity contribution in [3.05, 3.63) is 0 Å². The molecule has 0 heterocycles. The van der Waals surface area contributed by atoms with E-state index in [4.69, 9.17) is 0 Å². The normalized spacial score (nSPS) is 15.1. The van der Waals surface area contributed by atoms with Crippen molar-refractivity contribution in [3.63, 3.8) is 0 Å². The van der Waals surface area contributed by atoms with Gasteiger partial charge in [-0.25, -0.2) is 0 Å². The summed E-state index contributed by atoms with van der Waals surface area (Å²) in [7, 11) is 0. The lowest BCUT2D eigenvalue weighted by atomic mass is 9.89. The van der Waals surface area contributed by atoms with E-state index < -0.39 is 0 Å². The molecule has 0 aliphatic heterocycles. The Bertz CT molecular complexity index is 89.2. The average molecular weight is 127 g/mol. The molecule has 0 aromatic heterocycles. The standard InChI is InChI=1S/C8H17N/c1-7(9-5)6-8(2,3)4/h7H,5-6H2,1-4H3. The Labute approximate surface area is 58.2 Å². The second-order valence-electron chi connectivity index (χ2n) is 3.80. The summed E-state index contributed by atoms with van der Waals surface area (Å²) in [5, 5.41) is 0. The molecule has 0 amide bonds. The fourth-order valence-electron chi connectivity index (χ4n) is 0.951. The largest absolute Gasteiger partial charge is 0.298 e. The molecule has 0 spiro atoms. The van der Waals surface area contributed by atoms with Gasteiger partial charge in [0.2, 0.25) is 0 Å². The van der Waals surface area contributed by atoms with Gasteiger partial charge in [0.1, 0.15) is 0 Å². The summed E-state index contributed by atoms with van der Waals surface area (Å²) >= 11 is 0. The number of hydrogen-bond donors (Lipinski definition) is 0. The van der Waals surface area contributed by atoms with Crippen LogP contribution in [0.25, 0.3) is 0 Å². The minimum Gasteiger partial charge on any atom is -0.298 e. The molecule has 1 heteroatoms. The summed E-state index contributed by atoms with van der Waals surface area (Å²) in [6.07, 6.45) is 1.12. The van der Waals surface area contributed by atoms with Crippen LogP contribution < -0.4 is 0 Å². The molecule has 0 aliphatic carbocycles. The highest BCUT2D eigenvalue weighted by molar-refractivity contribution is 5.23. The Morgan fingerprint density at radius 2 is 1.89 bits per heavy atom. The molecule has 0 aromatic carbocycles. The zero-order chi connectivity index (χ0) is 7.49. The maximum absolute atomic E-state index is 3.92. The first-order chi connectivity index (χ1) is 3.95.